The van der Waals surface area contributed by atoms with E-state index in [0.717, 1.165) is 11.3 Å². The van der Waals surface area contributed by atoms with Crippen LogP contribution in [0.15, 0.2) is 36.4 Å². The van der Waals surface area contributed by atoms with Crippen LogP contribution in [-0.2, 0) is 14.4 Å². The fourth-order valence-electron chi connectivity index (χ4n) is 5.19. The third-order valence-electron chi connectivity index (χ3n) is 6.47. The molecule has 2 saturated carbocycles. The molecular weight excluding hydrogens is 354 g/mol. The quantitative estimate of drug-likeness (QED) is 0.354. The molecule has 134 valence electrons. The average molecular weight is 372 g/mol. The second kappa shape index (κ2) is 5.43. The molecule has 2 bridgehead atoms. The van der Waals surface area contributed by atoms with Crippen LogP contribution < -0.4 is 4.74 Å². The van der Waals surface area contributed by atoms with E-state index >= 15 is 0 Å². The van der Waals surface area contributed by atoms with Gasteiger partial charge in [-0.05, 0) is 49.1 Å². The minimum Gasteiger partial charge on any atom is -0.423 e. The highest BCUT2D eigenvalue weighted by Gasteiger charge is 2.67. The van der Waals surface area contributed by atoms with Crippen molar-refractivity contribution < 1.29 is 19.1 Å². The summed E-state index contributed by atoms with van der Waals surface area (Å²) >= 11 is 6.02. The summed E-state index contributed by atoms with van der Waals surface area (Å²) in [6.07, 6.45) is 5.34. The van der Waals surface area contributed by atoms with Gasteiger partial charge in [0.2, 0.25) is 11.8 Å². The molecule has 1 aromatic rings. The van der Waals surface area contributed by atoms with Gasteiger partial charge in [-0.1, -0.05) is 35.9 Å². The number of hydrogen-bond donors (Lipinski definition) is 0. The summed E-state index contributed by atoms with van der Waals surface area (Å²) in [6, 6.07) is 5.67. The van der Waals surface area contributed by atoms with Crippen molar-refractivity contribution in [2.75, 3.05) is 0 Å². The molecule has 1 aliphatic heterocycles. The second-order valence-electron chi connectivity index (χ2n) is 7.73. The lowest BCUT2D eigenvalue weighted by Gasteiger charge is -2.37. The number of carbonyl (C=O) groups is 3. The molecule has 6 heteroatoms. The van der Waals surface area contributed by atoms with Gasteiger partial charge in [-0.25, -0.2) is 4.79 Å². The van der Waals surface area contributed by atoms with Gasteiger partial charge in [0.15, 0.2) is 0 Å². The van der Waals surface area contributed by atoms with Gasteiger partial charge in [0.1, 0.15) is 11.8 Å². The molecule has 6 rings (SSSR count). The van der Waals surface area contributed by atoms with Crippen LogP contribution in [0.25, 0.3) is 0 Å². The summed E-state index contributed by atoms with van der Waals surface area (Å²) in [6.45, 7) is 1.54. The van der Waals surface area contributed by atoms with Gasteiger partial charge in [-0.15, -0.1) is 0 Å². The summed E-state index contributed by atoms with van der Waals surface area (Å²) in [5.74, 6) is -0.141. The standard InChI is InChI=1S/C20H18ClNO4/c1-9(20(25)26-15-5-3-2-4-14(15)21)22-18(23)16-10-6-7-11(13-8-12(10)13)17(16)19(22)24/h2-7,9-13,16-17H,8H2,1H3/t9-,10+,11+,12+,13+,16-,17-/m0/s1. The molecule has 5 nitrogen and oxygen atoms in total. The maximum Gasteiger partial charge on any atom is 0.334 e. The van der Waals surface area contributed by atoms with Crippen molar-refractivity contribution in [1.29, 1.82) is 0 Å². The van der Waals surface area contributed by atoms with E-state index in [-0.39, 0.29) is 41.2 Å². The lowest BCUT2D eigenvalue weighted by Crippen LogP contribution is -2.45. The molecule has 7 atom stereocenters. The van der Waals surface area contributed by atoms with E-state index in [0.29, 0.717) is 16.9 Å². The third-order valence-corrected chi connectivity index (χ3v) is 6.78. The van der Waals surface area contributed by atoms with E-state index in [1.54, 1.807) is 31.2 Å². The highest BCUT2D eigenvalue weighted by Crippen LogP contribution is 2.65. The van der Waals surface area contributed by atoms with E-state index < -0.39 is 12.0 Å². The SMILES string of the molecule is C[C@@H](C(=O)Oc1ccccc1Cl)N1C(=O)[C@H]2[C@@H]3C=C[C@H]([C@H]4C[C@H]34)[C@@H]2C1=O. The van der Waals surface area contributed by atoms with Crippen LogP contribution >= 0.6 is 11.6 Å². The number of nitrogens with zero attached hydrogens (tertiary/aromatic N) is 1. The van der Waals surface area contributed by atoms with Gasteiger partial charge in [-0.3, -0.25) is 14.5 Å². The maximum absolute atomic E-state index is 13.0. The maximum atomic E-state index is 13.0. The Labute approximate surface area is 155 Å². The number of likely N-dealkylation sites (tertiary alicyclic amines) is 1. The number of allylic oxidation sites excluding steroid dienone is 2. The number of ether oxygens (including phenoxy) is 1. The fourth-order valence-corrected chi connectivity index (χ4v) is 5.36. The number of para-hydroxylation sites is 1. The predicted octanol–water partition coefficient (Wildman–Crippen LogP) is 2.69. The number of hydrogen-bond acceptors (Lipinski definition) is 4. The Bertz CT molecular complexity index is 829. The van der Waals surface area contributed by atoms with Gasteiger partial charge in [-0.2, -0.15) is 0 Å². The molecule has 1 aromatic carbocycles. The van der Waals surface area contributed by atoms with E-state index in [1.165, 1.54) is 0 Å². The Morgan fingerprint density at radius 2 is 1.69 bits per heavy atom. The van der Waals surface area contributed by atoms with Gasteiger partial charge < -0.3 is 4.74 Å². The Morgan fingerprint density at radius 3 is 2.27 bits per heavy atom. The Balaban J connectivity index is 1.39. The highest BCUT2D eigenvalue weighted by molar-refractivity contribution is 6.32. The largest absolute Gasteiger partial charge is 0.423 e. The monoisotopic (exact) mass is 371 g/mol. The van der Waals surface area contributed by atoms with Crippen molar-refractivity contribution in [3.63, 3.8) is 0 Å². The number of amides is 2. The first kappa shape index (κ1) is 16.1. The summed E-state index contributed by atoms with van der Waals surface area (Å²) < 4.78 is 5.34. The molecule has 1 saturated heterocycles. The van der Waals surface area contributed by atoms with E-state index in [4.69, 9.17) is 16.3 Å². The second-order valence-corrected chi connectivity index (χ2v) is 8.14. The van der Waals surface area contributed by atoms with Crippen LogP contribution in [0.5, 0.6) is 5.75 Å². The average Bonchev–Trinajstić information content (AvgIpc) is 3.41. The Morgan fingerprint density at radius 1 is 1.12 bits per heavy atom. The van der Waals surface area contributed by atoms with Gasteiger partial charge in [0, 0.05) is 0 Å². The fraction of sp³-hybridized carbons (Fsp3) is 0.450. The zero-order valence-electron chi connectivity index (χ0n) is 14.2. The zero-order valence-corrected chi connectivity index (χ0v) is 14.9. The van der Waals surface area contributed by atoms with Crippen LogP contribution in [0, 0.1) is 35.5 Å². The number of halogens is 1. The van der Waals surface area contributed by atoms with Crippen LogP contribution in [0.3, 0.4) is 0 Å². The Kier molecular flexibility index (Phi) is 3.35. The smallest absolute Gasteiger partial charge is 0.334 e. The predicted molar refractivity (Wildman–Crippen MR) is 93.1 cm³/mol. The molecule has 3 fully saturated rings. The minimum atomic E-state index is -0.965. The van der Waals surface area contributed by atoms with E-state index in [9.17, 15) is 14.4 Å². The zero-order chi connectivity index (χ0) is 18.2. The molecule has 5 aliphatic rings. The number of rotatable bonds is 3. The molecular formula is C20H18ClNO4. The molecule has 2 amide bonds. The van der Waals surface area contributed by atoms with Gasteiger partial charge in [0.05, 0.1) is 16.9 Å². The van der Waals surface area contributed by atoms with Crippen molar-refractivity contribution in [2.45, 2.75) is 19.4 Å². The van der Waals surface area contributed by atoms with Crippen LogP contribution in [0.4, 0.5) is 0 Å². The van der Waals surface area contributed by atoms with E-state index in [1.807, 2.05) is 0 Å². The normalized spacial score (nSPS) is 37.4. The van der Waals surface area contributed by atoms with Crippen LogP contribution in [0.2, 0.25) is 5.02 Å². The number of esters is 1. The van der Waals surface area contributed by atoms with Crippen molar-refractivity contribution in [3.8, 4) is 5.75 Å². The lowest BCUT2D eigenvalue weighted by molar-refractivity contribution is -0.152. The molecule has 0 spiro atoms. The molecule has 0 radical (unpaired) electrons. The summed E-state index contributed by atoms with van der Waals surface area (Å²) in [5, 5.41) is 0.308. The molecule has 4 aliphatic carbocycles. The van der Waals surface area contributed by atoms with Gasteiger partial charge >= 0.3 is 5.97 Å². The first-order chi connectivity index (χ1) is 12.5. The highest BCUT2D eigenvalue weighted by atomic mass is 35.5. The molecule has 26 heavy (non-hydrogen) atoms. The topological polar surface area (TPSA) is 63.7 Å². The van der Waals surface area contributed by atoms with Crippen LogP contribution in [0.1, 0.15) is 13.3 Å². The molecule has 0 N–H and O–H groups in total. The number of carbonyl (C=O) groups excluding carboxylic acids is 3. The van der Waals surface area contributed by atoms with Crippen molar-refractivity contribution >= 4 is 29.4 Å². The molecule has 0 unspecified atom stereocenters. The summed E-state index contributed by atoms with van der Waals surface area (Å²) in [7, 11) is 0. The van der Waals surface area contributed by atoms with Crippen LogP contribution in [-0.4, -0.2) is 28.7 Å². The molecule has 0 aromatic heterocycles. The van der Waals surface area contributed by atoms with Crippen molar-refractivity contribution in [2.24, 2.45) is 35.5 Å². The lowest BCUT2D eigenvalue weighted by atomic mass is 9.63. The number of imide groups is 1. The minimum absolute atomic E-state index is 0.142. The van der Waals surface area contributed by atoms with Gasteiger partial charge in [0.25, 0.3) is 0 Å². The first-order valence-corrected chi connectivity index (χ1v) is 9.38. The first-order valence-electron chi connectivity index (χ1n) is 9.00. The van der Waals surface area contributed by atoms with Crippen molar-refractivity contribution in [3.05, 3.63) is 41.4 Å². The summed E-state index contributed by atoms with van der Waals surface area (Å²) in [5.41, 5.74) is 0. The summed E-state index contributed by atoms with van der Waals surface area (Å²) in [4.78, 5) is 39.7. The van der Waals surface area contributed by atoms with Crippen molar-refractivity contribution in [1.82, 2.24) is 4.90 Å². The molecule has 1 heterocycles. The Hall–Kier alpha value is -2.14. The number of benzene rings is 1. The third kappa shape index (κ3) is 2.07. The van der Waals surface area contributed by atoms with E-state index in [2.05, 4.69) is 12.2 Å².